The normalized spacial score (nSPS) is 12.2. The van der Waals surface area contributed by atoms with Gasteiger partial charge in [-0.3, -0.25) is 4.79 Å². The second-order valence-electron chi connectivity index (χ2n) is 2.92. The molecule has 5 heteroatoms. The number of aliphatic hydroxyl groups is 1. The van der Waals surface area contributed by atoms with E-state index in [-0.39, 0.29) is 23.7 Å². The van der Waals surface area contributed by atoms with E-state index in [1.165, 1.54) is 12.3 Å². The van der Waals surface area contributed by atoms with Crippen molar-refractivity contribution in [3.8, 4) is 0 Å². The first-order chi connectivity index (χ1) is 6.63. The van der Waals surface area contributed by atoms with Crippen LogP contribution in [0.4, 0.5) is 0 Å². The highest BCUT2D eigenvalue weighted by molar-refractivity contribution is 6.29. The quantitative estimate of drug-likeness (QED) is 0.734. The summed E-state index contributed by atoms with van der Waals surface area (Å²) < 4.78 is 0. The summed E-state index contributed by atoms with van der Waals surface area (Å²) in [6, 6.07) is 2.76. The molecular weight excluding hydrogens is 204 g/mol. The van der Waals surface area contributed by atoms with Crippen LogP contribution in [0, 0.1) is 0 Å². The summed E-state index contributed by atoms with van der Waals surface area (Å²) in [5, 5.41) is 11.6. The van der Waals surface area contributed by atoms with Gasteiger partial charge in [0.15, 0.2) is 0 Å². The van der Waals surface area contributed by atoms with Gasteiger partial charge in [0, 0.05) is 17.8 Å². The molecule has 1 atom stereocenters. The molecule has 0 aliphatic rings. The fraction of sp³-hybridized carbons (Fsp3) is 0.333. The van der Waals surface area contributed by atoms with Crippen LogP contribution in [0.25, 0.3) is 0 Å². The van der Waals surface area contributed by atoms with Crippen molar-refractivity contribution in [3.63, 3.8) is 0 Å². The highest BCUT2D eigenvalue weighted by Crippen LogP contribution is 2.06. The number of pyridine rings is 1. The summed E-state index contributed by atoms with van der Waals surface area (Å²) >= 11 is 5.62. The van der Waals surface area contributed by atoms with Gasteiger partial charge in [0.2, 0.25) is 0 Å². The van der Waals surface area contributed by atoms with Gasteiger partial charge in [-0.05, 0) is 19.1 Å². The number of halogens is 1. The number of aromatic nitrogens is 1. The van der Waals surface area contributed by atoms with Crippen molar-refractivity contribution in [2.45, 2.75) is 13.0 Å². The van der Waals surface area contributed by atoms with Crippen molar-refractivity contribution in [1.82, 2.24) is 10.3 Å². The molecular formula is C9H11ClN2O2. The van der Waals surface area contributed by atoms with Crippen LogP contribution in [-0.2, 0) is 0 Å². The molecule has 0 bridgehead atoms. The summed E-state index contributed by atoms with van der Waals surface area (Å²) in [6.07, 6.45) is 1.46. The standard InChI is InChI=1S/C9H11ClN2O2/c1-6(5-13)12-9(14)7-2-3-11-8(10)4-7/h2-4,6,13H,5H2,1H3,(H,12,14). The Bertz CT molecular complexity index is 330. The Morgan fingerprint density at radius 3 is 3.07 bits per heavy atom. The lowest BCUT2D eigenvalue weighted by molar-refractivity contribution is 0.0922. The molecule has 0 aliphatic heterocycles. The smallest absolute Gasteiger partial charge is 0.251 e. The predicted octanol–water partition coefficient (Wildman–Crippen LogP) is 0.846. The van der Waals surface area contributed by atoms with Gasteiger partial charge in [-0.15, -0.1) is 0 Å². The first kappa shape index (κ1) is 10.9. The number of nitrogens with one attached hydrogen (secondary N) is 1. The van der Waals surface area contributed by atoms with Crippen LogP contribution < -0.4 is 5.32 Å². The van der Waals surface area contributed by atoms with E-state index in [2.05, 4.69) is 10.3 Å². The van der Waals surface area contributed by atoms with Gasteiger partial charge in [-0.2, -0.15) is 0 Å². The highest BCUT2D eigenvalue weighted by atomic mass is 35.5. The van der Waals surface area contributed by atoms with E-state index in [0.29, 0.717) is 5.56 Å². The molecule has 1 aromatic heterocycles. The van der Waals surface area contributed by atoms with E-state index in [1.807, 2.05) is 0 Å². The van der Waals surface area contributed by atoms with Crippen molar-refractivity contribution in [3.05, 3.63) is 29.0 Å². The molecule has 4 nitrogen and oxygen atoms in total. The minimum Gasteiger partial charge on any atom is -0.394 e. The second-order valence-corrected chi connectivity index (χ2v) is 3.31. The van der Waals surface area contributed by atoms with Crippen LogP contribution in [0.2, 0.25) is 5.15 Å². The fourth-order valence-electron chi connectivity index (χ4n) is 0.896. The van der Waals surface area contributed by atoms with Gasteiger partial charge in [0.25, 0.3) is 5.91 Å². The van der Waals surface area contributed by atoms with Crippen molar-refractivity contribution < 1.29 is 9.90 Å². The number of rotatable bonds is 3. The number of carbonyl (C=O) groups excluding carboxylic acids is 1. The first-order valence-corrected chi connectivity index (χ1v) is 4.54. The number of aliphatic hydroxyl groups excluding tert-OH is 1. The zero-order chi connectivity index (χ0) is 10.6. The van der Waals surface area contributed by atoms with E-state index in [4.69, 9.17) is 16.7 Å². The molecule has 76 valence electrons. The Hall–Kier alpha value is -1.13. The minimum atomic E-state index is -0.269. The molecule has 1 aromatic rings. The van der Waals surface area contributed by atoms with E-state index in [9.17, 15) is 4.79 Å². The molecule has 0 saturated carbocycles. The monoisotopic (exact) mass is 214 g/mol. The van der Waals surface area contributed by atoms with Gasteiger partial charge >= 0.3 is 0 Å². The maximum absolute atomic E-state index is 11.5. The Morgan fingerprint density at radius 1 is 1.79 bits per heavy atom. The summed E-state index contributed by atoms with van der Waals surface area (Å²) in [4.78, 5) is 15.2. The van der Waals surface area contributed by atoms with Crippen molar-refractivity contribution in [1.29, 1.82) is 0 Å². The van der Waals surface area contributed by atoms with Gasteiger partial charge in [0.05, 0.1) is 6.61 Å². The summed E-state index contributed by atoms with van der Waals surface area (Å²) in [5.41, 5.74) is 0.435. The van der Waals surface area contributed by atoms with E-state index in [0.717, 1.165) is 0 Å². The molecule has 0 aromatic carbocycles. The van der Waals surface area contributed by atoms with E-state index < -0.39 is 0 Å². The van der Waals surface area contributed by atoms with Gasteiger partial charge < -0.3 is 10.4 Å². The molecule has 1 heterocycles. The van der Waals surface area contributed by atoms with E-state index >= 15 is 0 Å². The predicted molar refractivity (Wildman–Crippen MR) is 53.3 cm³/mol. The largest absolute Gasteiger partial charge is 0.394 e. The molecule has 0 saturated heterocycles. The number of carbonyl (C=O) groups is 1. The molecule has 0 aliphatic carbocycles. The molecule has 0 spiro atoms. The molecule has 0 radical (unpaired) electrons. The third-order valence-corrected chi connectivity index (χ3v) is 1.85. The third-order valence-electron chi connectivity index (χ3n) is 1.64. The molecule has 1 unspecified atom stereocenters. The molecule has 14 heavy (non-hydrogen) atoms. The van der Waals surface area contributed by atoms with Crippen LogP contribution in [0.1, 0.15) is 17.3 Å². The highest BCUT2D eigenvalue weighted by Gasteiger charge is 2.08. The van der Waals surface area contributed by atoms with Crippen LogP contribution >= 0.6 is 11.6 Å². The van der Waals surface area contributed by atoms with Gasteiger partial charge in [-0.25, -0.2) is 4.98 Å². The number of hydrogen-bond donors (Lipinski definition) is 2. The van der Waals surface area contributed by atoms with Gasteiger partial charge in [-0.1, -0.05) is 11.6 Å². The van der Waals surface area contributed by atoms with E-state index in [1.54, 1.807) is 13.0 Å². The molecule has 1 rings (SSSR count). The fourth-order valence-corrected chi connectivity index (χ4v) is 1.07. The Balaban J connectivity index is 2.70. The lowest BCUT2D eigenvalue weighted by atomic mass is 10.2. The average Bonchev–Trinajstić information content (AvgIpc) is 2.17. The second kappa shape index (κ2) is 4.93. The van der Waals surface area contributed by atoms with Crippen molar-refractivity contribution >= 4 is 17.5 Å². The zero-order valence-corrected chi connectivity index (χ0v) is 8.45. The number of amides is 1. The maximum atomic E-state index is 11.5. The Morgan fingerprint density at radius 2 is 2.50 bits per heavy atom. The first-order valence-electron chi connectivity index (χ1n) is 4.16. The van der Waals surface area contributed by atoms with Crippen LogP contribution in [0.3, 0.4) is 0 Å². The summed E-state index contributed by atoms with van der Waals surface area (Å²) in [5.74, 6) is -0.268. The summed E-state index contributed by atoms with van der Waals surface area (Å²) in [6.45, 7) is 1.62. The minimum absolute atomic E-state index is 0.0927. The van der Waals surface area contributed by atoms with Crippen molar-refractivity contribution in [2.24, 2.45) is 0 Å². The number of hydrogen-bond acceptors (Lipinski definition) is 3. The van der Waals surface area contributed by atoms with Crippen molar-refractivity contribution in [2.75, 3.05) is 6.61 Å². The molecule has 1 amide bonds. The lowest BCUT2D eigenvalue weighted by Crippen LogP contribution is -2.34. The molecule has 0 fully saturated rings. The lowest BCUT2D eigenvalue weighted by Gasteiger charge is -2.10. The van der Waals surface area contributed by atoms with Crippen LogP contribution in [0.5, 0.6) is 0 Å². The maximum Gasteiger partial charge on any atom is 0.251 e. The number of nitrogens with zero attached hydrogens (tertiary/aromatic N) is 1. The van der Waals surface area contributed by atoms with Crippen LogP contribution in [-0.4, -0.2) is 28.6 Å². The average molecular weight is 215 g/mol. The topological polar surface area (TPSA) is 62.2 Å². The third kappa shape index (κ3) is 2.97. The Labute approximate surface area is 86.9 Å². The summed E-state index contributed by atoms with van der Waals surface area (Å²) in [7, 11) is 0. The van der Waals surface area contributed by atoms with Crippen LogP contribution in [0.15, 0.2) is 18.3 Å². The zero-order valence-electron chi connectivity index (χ0n) is 7.70. The molecule has 2 N–H and O–H groups in total. The van der Waals surface area contributed by atoms with Gasteiger partial charge in [0.1, 0.15) is 5.15 Å². The Kier molecular flexibility index (Phi) is 3.85. The SMILES string of the molecule is CC(CO)NC(=O)c1ccnc(Cl)c1.